The Kier molecular flexibility index (Phi) is 4.59. The van der Waals surface area contributed by atoms with Crippen LogP contribution in [0.15, 0.2) is 9.72 Å². The van der Waals surface area contributed by atoms with E-state index in [2.05, 4.69) is 19.8 Å². The van der Waals surface area contributed by atoms with Gasteiger partial charge in [-0.1, -0.05) is 0 Å². The zero-order valence-corrected chi connectivity index (χ0v) is 13.1. The number of ether oxygens (including phenoxy) is 1. The summed E-state index contributed by atoms with van der Waals surface area (Å²) in [6.45, 7) is 1.44. The standard InChI is InChI=1S/C11H15N3O5S2/c1-6(9(15)13-7-3-4-7)14-21(17,18)11-8(10(16)19-2)12-5-20-11/h5-7,14H,3-4H2,1-2H3,(H,13,15). The van der Waals surface area contributed by atoms with Crippen LogP contribution in [0.4, 0.5) is 0 Å². The van der Waals surface area contributed by atoms with Crippen LogP contribution < -0.4 is 10.0 Å². The second kappa shape index (κ2) is 6.08. The molecule has 1 unspecified atom stereocenters. The number of thiazole rings is 1. The first kappa shape index (κ1) is 15.9. The first-order valence-corrected chi connectivity index (χ1v) is 8.56. The summed E-state index contributed by atoms with van der Waals surface area (Å²) in [4.78, 5) is 26.9. The van der Waals surface area contributed by atoms with Crippen LogP contribution in [-0.2, 0) is 19.6 Å². The number of carbonyl (C=O) groups excluding carboxylic acids is 2. The number of sulfonamides is 1. The fraction of sp³-hybridized carbons (Fsp3) is 0.545. The van der Waals surface area contributed by atoms with Crippen molar-refractivity contribution in [1.29, 1.82) is 0 Å². The molecule has 0 radical (unpaired) electrons. The van der Waals surface area contributed by atoms with Crippen LogP contribution in [0.1, 0.15) is 30.3 Å². The Hall–Kier alpha value is -1.52. The molecule has 1 aliphatic carbocycles. The van der Waals surface area contributed by atoms with E-state index in [0.717, 1.165) is 31.3 Å². The van der Waals surface area contributed by atoms with Crippen molar-refractivity contribution in [3.05, 3.63) is 11.2 Å². The van der Waals surface area contributed by atoms with Gasteiger partial charge in [0.05, 0.1) is 18.7 Å². The van der Waals surface area contributed by atoms with Crippen molar-refractivity contribution >= 4 is 33.2 Å². The highest BCUT2D eigenvalue weighted by Gasteiger charge is 2.31. The fourth-order valence-electron chi connectivity index (χ4n) is 1.55. The van der Waals surface area contributed by atoms with E-state index in [-0.39, 0.29) is 15.9 Å². The molecule has 116 valence electrons. The van der Waals surface area contributed by atoms with Crippen molar-refractivity contribution in [3.8, 4) is 0 Å². The van der Waals surface area contributed by atoms with Gasteiger partial charge in [0.25, 0.3) is 10.0 Å². The molecular weight excluding hydrogens is 318 g/mol. The minimum atomic E-state index is -4.02. The summed E-state index contributed by atoms with van der Waals surface area (Å²) in [7, 11) is -2.88. The summed E-state index contributed by atoms with van der Waals surface area (Å²) >= 11 is 0.786. The van der Waals surface area contributed by atoms with Crippen LogP contribution in [0.3, 0.4) is 0 Å². The summed E-state index contributed by atoms with van der Waals surface area (Å²) in [5.74, 6) is -1.24. The number of hydrogen-bond acceptors (Lipinski definition) is 7. The summed E-state index contributed by atoms with van der Waals surface area (Å²) < 4.78 is 30.9. The van der Waals surface area contributed by atoms with Gasteiger partial charge in [0, 0.05) is 6.04 Å². The fourth-order valence-corrected chi connectivity index (χ4v) is 3.90. The van der Waals surface area contributed by atoms with E-state index in [1.165, 1.54) is 12.4 Å². The Labute approximate surface area is 126 Å². The minimum absolute atomic E-state index is 0.137. The first-order valence-electron chi connectivity index (χ1n) is 6.19. The Bertz CT molecular complexity index is 651. The Morgan fingerprint density at radius 3 is 2.71 bits per heavy atom. The summed E-state index contributed by atoms with van der Waals surface area (Å²) in [5.41, 5.74) is 0.945. The monoisotopic (exact) mass is 333 g/mol. The van der Waals surface area contributed by atoms with Crippen molar-refractivity contribution in [2.75, 3.05) is 7.11 Å². The molecule has 1 aliphatic rings. The number of carbonyl (C=O) groups is 2. The highest BCUT2D eigenvalue weighted by atomic mass is 32.2. The van der Waals surface area contributed by atoms with Crippen LogP contribution in [0.25, 0.3) is 0 Å². The molecule has 2 rings (SSSR count). The van der Waals surface area contributed by atoms with E-state index in [9.17, 15) is 18.0 Å². The second-order valence-electron chi connectivity index (χ2n) is 4.61. The highest BCUT2D eigenvalue weighted by molar-refractivity contribution is 7.91. The third kappa shape index (κ3) is 3.77. The maximum absolute atomic E-state index is 12.2. The lowest BCUT2D eigenvalue weighted by atomic mass is 10.3. The summed E-state index contributed by atoms with van der Waals surface area (Å²) in [6.07, 6.45) is 1.82. The average Bonchev–Trinajstić information content (AvgIpc) is 3.08. The lowest BCUT2D eigenvalue weighted by Gasteiger charge is -2.13. The number of nitrogens with one attached hydrogen (secondary N) is 2. The zero-order valence-electron chi connectivity index (χ0n) is 11.5. The average molecular weight is 333 g/mol. The molecule has 10 heteroatoms. The van der Waals surface area contributed by atoms with Crippen molar-refractivity contribution < 1.29 is 22.7 Å². The van der Waals surface area contributed by atoms with Crippen molar-refractivity contribution in [2.45, 2.75) is 36.1 Å². The number of methoxy groups -OCH3 is 1. The van der Waals surface area contributed by atoms with Gasteiger partial charge in [-0.3, -0.25) is 4.79 Å². The molecule has 21 heavy (non-hydrogen) atoms. The van der Waals surface area contributed by atoms with Crippen LogP contribution >= 0.6 is 11.3 Å². The van der Waals surface area contributed by atoms with Gasteiger partial charge in [0.15, 0.2) is 9.90 Å². The van der Waals surface area contributed by atoms with Gasteiger partial charge < -0.3 is 10.1 Å². The molecule has 1 aromatic heterocycles. The van der Waals surface area contributed by atoms with Crippen LogP contribution in [0.5, 0.6) is 0 Å². The molecule has 0 aliphatic heterocycles. The molecule has 0 aromatic carbocycles. The number of rotatable bonds is 6. The SMILES string of the molecule is COC(=O)c1ncsc1S(=O)(=O)NC(C)C(=O)NC1CC1. The predicted molar refractivity (Wildman–Crippen MR) is 74.4 cm³/mol. The van der Waals surface area contributed by atoms with Gasteiger partial charge in [-0.25, -0.2) is 18.2 Å². The van der Waals surface area contributed by atoms with E-state index in [0.29, 0.717) is 0 Å². The van der Waals surface area contributed by atoms with Crippen LogP contribution in [0, 0.1) is 0 Å². The summed E-state index contributed by atoms with van der Waals surface area (Å²) in [5, 5.41) is 2.70. The number of aromatic nitrogens is 1. The van der Waals surface area contributed by atoms with Crippen molar-refractivity contribution in [3.63, 3.8) is 0 Å². The Balaban J connectivity index is 2.12. The molecule has 0 saturated heterocycles. The number of hydrogen-bond donors (Lipinski definition) is 2. The molecule has 1 saturated carbocycles. The number of nitrogens with zero attached hydrogens (tertiary/aromatic N) is 1. The van der Waals surface area contributed by atoms with E-state index in [1.54, 1.807) is 0 Å². The minimum Gasteiger partial charge on any atom is -0.464 e. The number of amides is 1. The molecule has 1 atom stereocenters. The molecule has 1 heterocycles. The van der Waals surface area contributed by atoms with Gasteiger partial charge in [-0.15, -0.1) is 11.3 Å². The van der Waals surface area contributed by atoms with E-state index in [1.807, 2.05) is 0 Å². The maximum atomic E-state index is 12.2. The van der Waals surface area contributed by atoms with Crippen molar-refractivity contribution in [1.82, 2.24) is 15.0 Å². The third-order valence-corrected chi connectivity index (χ3v) is 5.72. The van der Waals surface area contributed by atoms with E-state index in [4.69, 9.17) is 0 Å². The normalized spacial score (nSPS) is 16.3. The zero-order chi connectivity index (χ0) is 15.6. The van der Waals surface area contributed by atoms with Gasteiger partial charge >= 0.3 is 5.97 Å². The third-order valence-electron chi connectivity index (χ3n) is 2.81. The topological polar surface area (TPSA) is 114 Å². The van der Waals surface area contributed by atoms with E-state index >= 15 is 0 Å². The maximum Gasteiger partial charge on any atom is 0.358 e. The molecule has 2 N–H and O–H groups in total. The van der Waals surface area contributed by atoms with E-state index < -0.39 is 27.9 Å². The summed E-state index contributed by atoms with van der Waals surface area (Å²) in [6, 6.07) is -0.804. The molecule has 0 bridgehead atoms. The first-order chi connectivity index (χ1) is 9.85. The quantitative estimate of drug-likeness (QED) is 0.701. The van der Waals surface area contributed by atoms with Crippen LogP contribution in [0.2, 0.25) is 0 Å². The van der Waals surface area contributed by atoms with Crippen LogP contribution in [-0.4, -0.2) is 44.5 Å². The largest absolute Gasteiger partial charge is 0.464 e. The van der Waals surface area contributed by atoms with Gasteiger partial charge in [0.2, 0.25) is 5.91 Å². The van der Waals surface area contributed by atoms with Gasteiger partial charge in [-0.2, -0.15) is 4.72 Å². The van der Waals surface area contributed by atoms with Gasteiger partial charge in [0.1, 0.15) is 0 Å². The van der Waals surface area contributed by atoms with Gasteiger partial charge in [-0.05, 0) is 19.8 Å². The molecular formula is C11H15N3O5S2. The molecule has 1 fully saturated rings. The molecule has 0 spiro atoms. The lowest BCUT2D eigenvalue weighted by Crippen LogP contribution is -2.45. The second-order valence-corrected chi connectivity index (χ2v) is 7.37. The Morgan fingerprint density at radius 2 is 2.14 bits per heavy atom. The lowest BCUT2D eigenvalue weighted by molar-refractivity contribution is -0.122. The molecule has 8 nitrogen and oxygen atoms in total. The smallest absolute Gasteiger partial charge is 0.358 e. The molecule has 1 aromatic rings. The Morgan fingerprint density at radius 1 is 1.48 bits per heavy atom. The number of esters is 1. The predicted octanol–water partition coefficient (Wildman–Crippen LogP) is -0.125. The molecule has 1 amide bonds. The highest BCUT2D eigenvalue weighted by Crippen LogP contribution is 2.21. The van der Waals surface area contributed by atoms with Crippen molar-refractivity contribution in [2.24, 2.45) is 0 Å².